The van der Waals surface area contributed by atoms with Crippen molar-refractivity contribution in [1.29, 1.82) is 0 Å². The molecule has 3 rings (SSSR count). The predicted molar refractivity (Wildman–Crippen MR) is 108 cm³/mol. The second-order valence-corrected chi connectivity index (χ2v) is 6.69. The van der Waals surface area contributed by atoms with E-state index >= 15 is 0 Å². The highest BCUT2D eigenvalue weighted by atomic mass is 16.3. The van der Waals surface area contributed by atoms with Crippen molar-refractivity contribution in [2.24, 2.45) is 5.10 Å². The Balaban J connectivity index is 1.39. The number of aromatic hydroxyl groups is 1. The van der Waals surface area contributed by atoms with Crippen molar-refractivity contribution in [1.82, 2.24) is 10.3 Å². The number of phenolic OH excluding ortho intramolecular Hbond substituents is 1. The standard InChI is InChI=1S/C21H26N4O2/c1-17(18-7-9-20(26)10-8-18)22-23-21(27)11-12-24-13-15-25(16-14-24)19-5-3-2-4-6-19/h2-10,26H,11-16H2,1H3,(H,23,27)/b22-17+. The highest BCUT2D eigenvalue weighted by Gasteiger charge is 2.17. The number of para-hydroxylation sites is 1. The number of hydrazone groups is 1. The summed E-state index contributed by atoms with van der Waals surface area (Å²) in [5.41, 5.74) is 5.45. The molecule has 2 aromatic rings. The maximum Gasteiger partial charge on any atom is 0.241 e. The lowest BCUT2D eigenvalue weighted by Gasteiger charge is -2.36. The van der Waals surface area contributed by atoms with E-state index in [1.807, 2.05) is 13.0 Å². The summed E-state index contributed by atoms with van der Waals surface area (Å²) < 4.78 is 0. The molecule has 6 nitrogen and oxygen atoms in total. The molecule has 27 heavy (non-hydrogen) atoms. The van der Waals surface area contributed by atoms with Crippen LogP contribution in [0.2, 0.25) is 0 Å². The highest BCUT2D eigenvalue weighted by Crippen LogP contribution is 2.15. The lowest BCUT2D eigenvalue weighted by atomic mass is 10.1. The van der Waals surface area contributed by atoms with Gasteiger partial charge >= 0.3 is 0 Å². The van der Waals surface area contributed by atoms with Crippen LogP contribution in [0, 0.1) is 0 Å². The summed E-state index contributed by atoms with van der Waals surface area (Å²) in [6.45, 7) is 6.43. The van der Waals surface area contributed by atoms with Crippen LogP contribution >= 0.6 is 0 Å². The number of phenols is 1. The average molecular weight is 366 g/mol. The molecule has 0 saturated carbocycles. The molecule has 1 heterocycles. The minimum absolute atomic E-state index is 0.0846. The number of benzene rings is 2. The first-order chi connectivity index (χ1) is 13.1. The van der Waals surface area contributed by atoms with Gasteiger partial charge in [0.1, 0.15) is 5.75 Å². The summed E-state index contributed by atoms with van der Waals surface area (Å²) in [5.74, 6) is 0.126. The SMILES string of the molecule is C/C(=N\NC(=O)CCN1CCN(c2ccccc2)CC1)c1ccc(O)cc1. The Morgan fingerprint density at radius 3 is 2.37 bits per heavy atom. The summed E-state index contributed by atoms with van der Waals surface area (Å²) in [7, 11) is 0. The van der Waals surface area contributed by atoms with Gasteiger partial charge in [-0.15, -0.1) is 0 Å². The summed E-state index contributed by atoms with van der Waals surface area (Å²) in [6.07, 6.45) is 0.428. The number of nitrogens with zero attached hydrogens (tertiary/aromatic N) is 3. The molecule has 0 atom stereocenters. The Morgan fingerprint density at radius 2 is 1.70 bits per heavy atom. The van der Waals surface area contributed by atoms with Gasteiger partial charge in [-0.1, -0.05) is 18.2 Å². The van der Waals surface area contributed by atoms with Gasteiger partial charge < -0.3 is 10.0 Å². The van der Waals surface area contributed by atoms with Gasteiger partial charge in [-0.3, -0.25) is 9.69 Å². The fourth-order valence-corrected chi connectivity index (χ4v) is 3.10. The normalized spacial score (nSPS) is 15.6. The number of rotatable bonds is 6. The maximum atomic E-state index is 12.1. The molecule has 2 N–H and O–H groups in total. The van der Waals surface area contributed by atoms with Crippen LogP contribution < -0.4 is 10.3 Å². The van der Waals surface area contributed by atoms with Gasteiger partial charge in [-0.05, 0) is 48.9 Å². The molecule has 1 fully saturated rings. The topological polar surface area (TPSA) is 68.2 Å². The zero-order valence-corrected chi connectivity index (χ0v) is 15.6. The van der Waals surface area contributed by atoms with E-state index in [1.54, 1.807) is 24.3 Å². The molecule has 0 unspecified atom stereocenters. The molecule has 0 aromatic heterocycles. The van der Waals surface area contributed by atoms with E-state index in [4.69, 9.17) is 0 Å². The number of anilines is 1. The lowest BCUT2D eigenvalue weighted by Crippen LogP contribution is -2.47. The molecule has 0 aliphatic carbocycles. The van der Waals surface area contributed by atoms with E-state index < -0.39 is 0 Å². The zero-order chi connectivity index (χ0) is 19.1. The van der Waals surface area contributed by atoms with Crippen molar-refractivity contribution in [3.63, 3.8) is 0 Å². The molecule has 1 aliphatic heterocycles. The average Bonchev–Trinajstić information content (AvgIpc) is 2.72. The maximum absolute atomic E-state index is 12.1. The third-order valence-corrected chi connectivity index (χ3v) is 4.78. The molecule has 1 aliphatic rings. The van der Waals surface area contributed by atoms with Crippen molar-refractivity contribution in [3.05, 3.63) is 60.2 Å². The first kappa shape index (κ1) is 18.9. The van der Waals surface area contributed by atoms with Crippen molar-refractivity contribution in [3.8, 4) is 5.75 Å². The summed E-state index contributed by atoms with van der Waals surface area (Å²) in [5, 5.41) is 13.5. The number of hydrogen-bond acceptors (Lipinski definition) is 5. The van der Waals surface area contributed by atoms with Gasteiger partial charge in [-0.2, -0.15) is 5.10 Å². The second-order valence-electron chi connectivity index (χ2n) is 6.69. The van der Waals surface area contributed by atoms with Gasteiger partial charge in [0.05, 0.1) is 5.71 Å². The molecule has 0 spiro atoms. The monoisotopic (exact) mass is 366 g/mol. The highest BCUT2D eigenvalue weighted by molar-refractivity contribution is 5.99. The minimum atomic E-state index is -0.0846. The molecular formula is C21H26N4O2. The van der Waals surface area contributed by atoms with Crippen molar-refractivity contribution < 1.29 is 9.90 Å². The lowest BCUT2D eigenvalue weighted by molar-refractivity contribution is -0.121. The number of piperazine rings is 1. The van der Waals surface area contributed by atoms with Crippen LogP contribution in [0.3, 0.4) is 0 Å². The van der Waals surface area contributed by atoms with Crippen LogP contribution in [-0.2, 0) is 4.79 Å². The predicted octanol–water partition coefficient (Wildman–Crippen LogP) is 2.44. The van der Waals surface area contributed by atoms with Gasteiger partial charge in [0.15, 0.2) is 0 Å². The smallest absolute Gasteiger partial charge is 0.241 e. The fraction of sp³-hybridized carbons (Fsp3) is 0.333. The summed E-state index contributed by atoms with van der Waals surface area (Å²) in [4.78, 5) is 16.8. The third-order valence-electron chi connectivity index (χ3n) is 4.78. The zero-order valence-electron chi connectivity index (χ0n) is 15.6. The van der Waals surface area contributed by atoms with Crippen molar-refractivity contribution >= 4 is 17.3 Å². The molecule has 142 valence electrons. The first-order valence-corrected chi connectivity index (χ1v) is 9.27. The Hall–Kier alpha value is -2.86. The molecule has 2 aromatic carbocycles. The minimum Gasteiger partial charge on any atom is -0.508 e. The number of amides is 1. The molecule has 1 amide bonds. The van der Waals surface area contributed by atoms with Gasteiger partial charge in [0, 0.05) is 44.8 Å². The second kappa shape index (κ2) is 9.19. The Labute approximate surface area is 160 Å². The fourth-order valence-electron chi connectivity index (χ4n) is 3.10. The number of hydrogen-bond donors (Lipinski definition) is 2. The van der Waals surface area contributed by atoms with E-state index in [1.165, 1.54) is 5.69 Å². The Bertz CT molecular complexity index is 767. The van der Waals surface area contributed by atoms with Crippen LogP contribution in [0.15, 0.2) is 59.7 Å². The van der Waals surface area contributed by atoms with Crippen LogP contribution in [0.25, 0.3) is 0 Å². The van der Waals surface area contributed by atoms with Crippen LogP contribution in [0.4, 0.5) is 5.69 Å². The summed E-state index contributed by atoms with van der Waals surface area (Å²) >= 11 is 0. The van der Waals surface area contributed by atoms with Crippen molar-refractivity contribution in [2.45, 2.75) is 13.3 Å². The molecule has 0 bridgehead atoms. The summed E-state index contributed by atoms with van der Waals surface area (Å²) in [6, 6.07) is 17.2. The largest absolute Gasteiger partial charge is 0.508 e. The van der Waals surface area contributed by atoms with E-state index in [2.05, 4.69) is 44.6 Å². The number of carbonyl (C=O) groups excluding carboxylic acids is 1. The number of carbonyl (C=O) groups is 1. The molecule has 1 saturated heterocycles. The van der Waals surface area contributed by atoms with Crippen LogP contribution in [0.1, 0.15) is 18.9 Å². The van der Waals surface area contributed by atoms with Gasteiger partial charge in [-0.25, -0.2) is 5.43 Å². The Kier molecular flexibility index (Phi) is 6.44. The van der Waals surface area contributed by atoms with E-state index in [9.17, 15) is 9.90 Å². The number of nitrogens with one attached hydrogen (secondary N) is 1. The quantitative estimate of drug-likeness (QED) is 0.609. The van der Waals surface area contributed by atoms with Crippen LogP contribution in [0.5, 0.6) is 5.75 Å². The van der Waals surface area contributed by atoms with Gasteiger partial charge in [0.25, 0.3) is 0 Å². The van der Waals surface area contributed by atoms with E-state index in [-0.39, 0.29) is 11.7 Å². The molecular weight excluding hydrogens is 340 g/mol. The first-order valence-electron chi connectivity index (χ1n) is 9.27. The van der Waals surface area contributed by atoms with Gasteiger partial charge in [0.2, 0.25) is 5.91 Å². The van der Waals surface area contributed by atoms with E-state index in [0.717, 1.165) is 38.3 Å². The van der Waals surface area contributed by atoms with Crippen molar-refractivity contribution in [2.75, 3.05) is 37.6 Å². The Morgan fingerprint density at radius 1 is 1.04 bits per heavy atom. The third kappa shape index (κ3) is 5.56. The van der Waals surface area contributed by atoms with Crippen LogP contribution in [-0.4, -0.2) is 54.3 Å². The molecule has 6 heteroatoms. The molecule has 0 radical (unpaired) electrons. The van der Waals surface area contributed by atoms with E-state index in [0.29, 0.717) is 12.1 Å².